The molecule has 2 aromatic carbocycles. The summed E-state index contributed by atoms with van der Waals surface area (Å²) in [5, 5.41) is 19.4. The number of carbonyl (C=O) groups excluding carboxylic acids is 5. The molecule has 5 amide bonds. The largest absolute Gasteiger partial charge is 0.490 e. The van der Waals surface area contributed by atoms with Gasteiger partial charge in [-0.05, 0) is 62.8 Å². The number of halogens is 3. The molecule has 2 fully saturated rings. The van der Waals surface area contributed by atoms with E-state index in [1.807, 2.05) is 0 Å². The molecule has 1 atom stereocenters. The number of hydrogen-bond donors (Lipinski definition) is 1. The number of thiocarbonyl (C=S) groups is 1. The van der Waals surface area contributed by atoms with Crippen molar-refractivity contribution in [2.24, 2.45) is 0 Å². The van der Waals surface area contributed by atoms with Crippen molar-refractivity contribution in [2.75, 3.05) is 44.5 Å². The van der Waals surface area contributed by atoms with E-state index in [0.29, 0.717) is 5.69 Å². The van der Waals surface area contributed by atoms with E-state index in [4.69, 9.17) is 36.4 Å². The van der Waals surface area contributed by atoms with Gasteiger partial charge in [0.05, 0.1) is 79.8 Å². The molecule has 3 aromatic rings. The summed E-state index contributed by atoms with van der Waals surface area (Å²) < 4.78 is 64.6. The first-order valence-corrected chi connectivity index (χ1v) is 17.9. The zero-order valence-corrected chi connectivity index (χ0v) is 31.4. The Morgan fingerprint density at radius 1 is 0.982 bits per heavy atom. The van der Waals surface area contributed by atoms with Crippen molar-refractivity contribution in [3.05, 3.63) is 70.5 Å². The van der Waals surface area contributed by atoms with Crippen LogP contribution < -0.4 is 15.0 Å². The summed E-state index contributed by atoms with van der Waals surface area (Å²) in [5.41, 5.74) is -2.48. The van der Waals surface area contributed by atoms with Crippen LogP contribution in [-0.2, 0) is 48.0 Å². The molecule has 300 valence electrons. The van der Waals surface area contributed by atoms with E-state index < -0.39 is 58.4 Å². The first-order valence-electron chi connectivity index (χ1n) is 17.5. The van der Waals surface area contributed by atoms with Crippen molar-refractivity contribution < 1.29 is 56.1 Å². The van der Waals surface area contributed by atoms with Crippen LogP contribution >= 0.6 is 12.2 Å². The van der Waals surface area contributed by atoms with Crippen molar-refractivity contribution in [3.8, 4) is 11.8 Å². The van der Waals surface area contributed by atoms with Gasteiger partial charge in [-0.2, -0.15) is 18.4 Å². The quantitative estimate of drug-likeness (QED) is 0.126. The van der Waals surface area contributed by atoms with Gasteiger partial charge in [-0.3, -0.25) is 39.1 Å². The minimum Gasteiger partial charge on any atom is -0.490 e. The monoisotopic (exact) mass is 812 g/mol. The number of carbonyl (C=O) groups is 5. The summed E-state index contributed by atoms with van der Waals surface area (Å²) in [6.07, 6.45) is -3.17. The summed E-state index contributed by atoms with van der Waals surface area (Å²) >= 11 is 5.52. The van der Waals surface area contributed by atoms with Crippen LogP contribution in [0.15, 0.2) is 42.6 Å². The summed E-state index contributed by atoms with van der Waals surface area (Å²) in [6, 6.07) is 8.00. The highest BCUT2D eigenvalue weighted by atomic mass is 32.1. The van der Waals surface area contributed by atoms with Gasteiger partial charge < -0.3 is 23.8 Å². The van der Waals surface area contributed by atoms with Crippen LogP contribution in [0.25, 0.3) is 0 Å². The number of piperidine rings is 1. The highest BCUT2D eigenvalue weighted by Gasteiger charge is 2.50. The van der Waals surface area contributed by atoms with Crippen molar-refractivity contribution in [1.29, 1.82) is 5.26 Å². The number of ether oxygens (including phenoxy) is 4. The number of anilines is 1. The molecule has 17 nitrogen and oxygen atoms in total. The summed E-state index contributed by atoms with van der Waals surface area (Å²) in [6.45, 7) is 4.37. The second-order valence-corrected chi connectivity index (χ2v) is 13.8. The number of fused-ring (bicyclic) bond motifs is 1. The minimum atomic E-state index is -4.81. The van der Waals surface area contributed by atoms with Crippen LogP contribution in [0.2, 0.25) is 0 Å². The molecule has 1 unspecified atom stereocenters. The lowest BCUT2D eigenvalue weighted by Crippen LogP contribution is -2.54. The van der Waals surface area contributed by atoms with Crippen LogP contribution in [0, 0.1) is 11.3 Å². The van der Waals surface area contributed by atoms with E-state index in [2.05, 4.69) is 15.6 Å². The van der Waals surface area contributed by atoms with E-state index in [1.54, 1.807) is 32.2 Å². The van der Waals surface area contributed by atoms with Gasteiger partial charge in [-0.1, -0.05) is 11.3 Å². The van der Waals surface area contributed by atoms with Gasteiger partial charge in [-0.15, -0.1) is 5.10 Å². The van der Waals surface area contributed by atoms with E-state index in [-0.39, 0.29) is 93.4 Å². The van der Waals surface area contributed by atoms with Gasteiger partial charge in [-0.25, -0.2) is 4.68 Å². The lowest BCUT2D eigenvalue weighted by molar-refractivity contribution is -0.138. The number of imide groups is 2. The smallest absolute Gasteiger partial charge is 0.417 e. The standard InChI is InChI=1S/C36H35F3N8O9S/c1-35(2)33(52)46(23-7-6-21(17-40)25(16-23)36(37,38)39)34(57)45(35)20-44-18-22(42-43-44)19-55-13-12-53-10-11-54-14-15-56-27-5-3-4-24-29(27)32(51)47(31(24)50)26-8-9-28(48)41-30(26)49/h3-7,16,18,26H,8-15,19-20H2,1-2H3,(H,41,48,49). The van der Waals surface area contributed by atoms with Gasteiger partial charge in [0.25, 0.3) is 17.7 Å². The third kappa shape index (κ3) is 8.48. The van der Waals surface area contributed by atoms with Crippen molar-refractivity contribution >= 4 is 52.6 Å². The number of nitrogens with one attached hydrogen (secondary N) is 1. The van der Waals surface area contributed by atoms with Crippen molar-refractivity contribution in [3.63, 3.8) is 0 Å². The maximum Gasteiger partial charge on any atom is 0.417 e. The maximum atomic E-state index is 13.6. The number of nitriles is 1. The maximum absolute atomic E-state index is 13.6. The molecule has 1 aromatic heterocycles. The SMILES string of the molecule is CC1(C)C(=O)N(c2ccc(C#N)c(C(F)(F)F)c2)C(=S)N1Cn1cc(COCCOCCOCCOc2cccc3c2C(=O)N(C2CCC(=O)NC2=O)C3=O)nn1. The number of rotatable bonds is 16. The molecule has 0 bridgehead atoms. The lowest BCUT2D eigenvalue weighted by atomic mass is 10.0. The fourth-order valence-corrected chi connectivity index (χ4v) is 6.83. The van der Waals surface area contributed by atoms with Crippen LogP contribution in [0.3, 0.4) is 0 Å². The van der Waals surface area contributed by atoms with Crippen LogP contribution in [0.5, 0.6) is 5.75 Å². The molecule has 6 rings (SSSR count). The van der Waals surface area contributed by atoms with Gasteiger partial charge in [0.2, 0.25) is 11.8 Å². The normalized spacial score (nSPS) is 18.0. The number of nitrogens with zero attached hydrogens (tertiary/aromatic N) is 7. The number of amides is 5. The van der Waals surface area contributed by atoms with Crippen LogP contribution in [0.4, 0.5) is 18.9 Å². The predicted molar refractivity (Wildman–Crippen MR) is 192 cm³/mol. The molecule has 1 N–H and O–H groups in total. The molecule has 0 radical (unpaired) electrons. The summed E-state index contributed by atoms with van der Waals surface area (Å²) in [5.74, 6) is -2.83. The van der Waals surface area contributed by atoms with Crippen LogP contribution in [0.1, 0.15) is 64.2 Å². The zero-order valence-electron chi connectivity index (χ0n) is 30.5. The summed E-state index contributed by atoms with van der Waals surface area (Å²) in [4.78, 5) is 66.7. The Balaban J connectivity index is 0.884. The average Bonchev–Trinajstić information content (AvgIpc) is 3.77. The highest BCUT2D eigenvalue weighted by molar-refractivity contribution is 7.80. The first-order chi connectivity index (χ1) is 27.1. The molecule has 4 heterocycles. The summed E-state index contributed by atoms with van der Waals surface area (Å²) in [7, 11) is 0. The Labute approximate surface area is 328 Å². The molecule has 2 saturated heterocycles. The third-order valence-corrected chi connectivity index (χ3v) is 9.70. The van der Waals surface area contributed by atoms with Gasteiger partial charge >= 0.3 is 6.18 Å². The lowest BCUT2D eigenvalue weighted by Gasteiger charge is -2.28. The minimum absolute atomic E-state index is 0.0158. The van der Waals surface area contributed by atoms with E-state index in [0.717, 1.165) is 21.9 Å². The molecule has 0 saturated carbocycles. The third-order valence-electron chi connectivity index (χ3n) is 9.29. The fourth-order valence-electron chi connectivity index (χ4n) is 6.35. The Morgan fingerprint density at radius 3 is 2.37 bits per heavy atom. The number of hydrogen-bond acceptors (Lipinski definition) is 13. The van der Waals surface area contributed by atoms with E-state index in [1.165, 1.54) is 27.8 Å². The van der Waals surface area contributed by atoms with Crippen molar-refractivity contribution in [2.45, 2.75) is 57.7 Å². The number of benzene rings is 2. The molecular weight excluding hydrogens is 778 g/mol. The number of aromatic nitrogens is 3. The fraction of sp³-hybridized carbons (Fsp3) is 0.417. The van der Waals surface area contributed by atoms with Gasteiger partial charge in [0.15, 0.2) is 5.11 Å². The van der Waals surface area contributed by atoms with Crippen LogP contribution in [-0.4, -0.2) is 111 Å². The predicted octanol–water partition coefficient (Wildman–Crippen LogP) is 2.57. The molecule has 3 aliphatic rings. The molecule has 21 heteroatoms. The van der Waals surface area contributed by atoms with Gasteiger partial charge in [0, 0.05) is 6.42 Å². The highest BCUT2D eigenvalue weighted by Crippen LogP contribution is 2.38. The average molecular weight is 813 g/mol. The van der Waals surface area contributed by atoms with E-state index in [9.17, 15) is 37.1 Å². The molecular formula is C36H35F3N8O9S. The zero-order chi connectivity index (χ0) is 41.1. The number of alkyl halides is 3. The molecule has 3 aliphatic heterocycles. The second kappa shape index (κ2) is 16.7. The second-order valence-electron chi connectivity index (χ2n) is 13.4. The Hall–Kier alpha value is -5.82. The van der Waals surface area contributed by atoms with Gasteiger partial charge in [0.1, 0.15) is 36.3 Å². The Bertz CT molecular complexity index is 2150. The topological polar surface area (TPSA) is 199 Å². The Morgan fingerprint density at radius 2 is 1.68 bits per heavy atom. The molecule has 0 spiro atoms. The first kappa shape index (κ1) is 40.8. The molecule has 0 aliphatic carbocycles. The molecule has 57 heavy (non-hydrogen) atoms. The van der Waals surface area contributed by atoms with Crippen molar-refractivity contribution in [1.82, 2.24) is 30.1 Å². The van der Waals surface area contributed by atoms with E-state index >= 15 is 0 Å². The Kier molecular flexibility index (Phi) is 12.0.